The standard InChI is InChI=1S/C18H29N3/c1-14-11-16(12-19-17-6-7-17)5-8-18(14)21-10-4-9-20(3)13-15(21)2/h5,8,11,15,17,19H,4,6-7,9-10,12-13H2,1-3H3. The van der Waals surface area contributed by atoms with Gasteiger partial charge in [-0.05, 0) is 63.9 Å². The number of likely N-dealkylation sites (N-methyl/N-ethyl adjacent to an activating group) is 1. The smallest absolute Gasteiger partial charge is 0.0398 e. The second-order valence-electron chi connectivity index (χ2n) is 6.93. The molecule has 0 amide bonds. The van der Waals surface area contributed by atoms with E-state index in [1.807, 2.05) is 0 Å². The number of nitrogens with zero attached hydrogens (tertiary/aromatic N) is 2. The van der Waals surface area contributed by atoms with Gasteiger partial charge in [0, 0.05) is 37.4 Å². The summed E-state index contributed by atoms with van der Waals surface area (Å²) in [5.41, 5.74) is 4.26. The number of rotatable bonds is 4. The van der Waals surface area contributed by atoms with Gasteiger partial charge in [-0.1, -0.05) is 12.1 Å². The fraction of sp³-hybridized carbons (Fsp3) is 0.667. The molecule has 0 radical (unpaired) electrons. The molecule has 2 fully saturated rings. The van der Waals surface area contributed by atoms with E-state index in [0.717, 1.165) is 19.1 Å². The minimum atomic E-state index is 0.589. The average molecular weight is 287 g/mol. The summed E-state index contributed by atoms with van der Waals surface area (Å²) < 4.78 is 0. The zero-order valence-corrected chi connectivity index (χ0v) is 13.7. The van der Waals surface area contributed by atoms with Crippen molar-refractivity contribution in [3.8, 4) is 0 Å². The lowest BCUT2D eigenvalue weighted by Gasteiger charge is -2.31. The van der Waals surface area contributed by atoms with Crippen molar-refractivity contribution in [2.24, 2.45) is 0 Å². The summed E-state index contributed by atoms with van der Waals surface area (Å²) in [6, 6.07) is 8.38. The van der Waals surface area contributed by atoms with Crippen LogP contribution in [-0.2, 0) is 6.54 Å². The van der Waals surface area contributed by atoms with E-state index in [2.05, 4.69) is 54.2 Å². The lowest BCUT2D eigenvalue weighted by Crippen LogP contribution is -2.38. The highest BCUT2D eigenvalue weighted by atomic mass is 15.2. The molecule has 1 heterocycles. The maximum atomic E-state index is 3.60. The van der Waals surface area contributed by atoms with Crippen molar-refractivity contribution < 1.29 is 0 Å². The highest BCUT2D eigenvalue weighted by Crippen LogP contribution is 2.26. The Morgan fingerprint density at radius 2 is 2.05 bits per heavy atom. The van der Waals surface area contributed by atoms with E-state index in [1.165, 1.54) is 49.2 Å². The molecule has 3 nitrogen and oxygen atoms in total. The molecule has 3 heteroatoms. The first-order chi connectivity index (χ1) is 10.1. The van der Waals surface area contributed by atoms with Crippen LogP contribution in [0.15, 0.2) is 18.2 Å². The predicted octanol–water partition coefficient (Wildman–Crippen LogP) is 2.78. The van der Waals surface area contributed by atoms with Gasteiger partial charge in [-0.25, -0.2) is 0 Å². The Balaban J connectivity index is 1.71. The maximum Gasteiger partial charge on any atom is 0.0398 e. The molecule has 1 atom stereocenters. The first-order valence-electron chi connectivity index (χ1n) is 8.41. The lowest BCUT2D eigenvalue weighted by molar-refractivity contribution is 0.337. The van der Waals surface area contributed by atoms with Crippen LogP contribution in [0.2, 0.25) is 0 Å². The van der Waals surface area contributed by atoms with Crippen LogP contribution in [0.3, 0.4) is 0 Å². The summed E-state index contributed by atoms with van der Waals surface area (Å²) in [6.07, 6.45) is 3.97. The number of benzene rings is 1. The first kappa shape index (κ1) is 14.9. The maximum absolute atomic E-state index is 3.60. The Bertz CT molecular complexity index is 481. The molecule has 116 valence electrons. The fourth-order valence-electron chi connectivity index (χ4n) is 3.43. The molecule has 1 saturated heterocycles. The van der Waals surface area contributed by atoms with E-state index >= 15 is 0 Å². The molecular formula is C18H29N3. The lowest BCUT2D eigenvalue weighted by atomic mass is 10.1. The highest BCUT2D eigenvalue weighted by Gasteiger charge is 2.22. The van der Waals surface area contributed by atoms with Crippen LogP contribution in [0.25, 0.3) is 0 Å². The molecule has 1 unspecified atom stereocenters. The third-order valence-electron chi connectivity index (χ3n) is 4.79. The number of anilines is 1. The molecule has 0 spiro atoms. The van der Waals surface area contributed by atoms with E-state index < -0.39 is 0 Å². The fourth-order valence-corrected chi connectivity index (χ4v) is 3.43. The van der Waals surface area contributed by atoms with Crippen molar-refractivity contribution in [2.75, 3.05) is 31.6 Å². The van der Waals surface area contributed by atoms with Crippen molar-refractivity contribution in [2.45, 2.75) is 51.7 Å². The van der Waals surface area contributed by atoms with Gasteiger partial charge >= 0.3 is 0 Å². The van der Waals surface area contributed by atoms with Gasteiger partial charge in [0.05, 0.1) is 0 Å². The van der Waals surface area contributed by atoms with Crippen molar-refractivity contribution in [3.05, 3.63) is 29.3 Å². The summed E-state index contributed by atoms with van der Waals surface area (Å²) in [4.78, 5) is 5.05. The predicted molar refractivity (Wildman–Crippen MR) is 90.0 cm³/mol. The van der Waals surface area contributed by atoms with Crippen molar-refractivity contribution >= 4 is 5.69 Å². The minimum absolute atomic E-state index is 0.589. The van der Waals surface area contributed by atoms with Crippen LogP contribution in [0, 0.1) is 6.92 Å². The summed E-state index contributed by atoms with van der Waals surface area (Å²) in [5.74, 6) is 0. The molecule has 1 aliphatic carbocycles. The Morgan fingerprint density at radius 3 is 2.76 bits per heavy atom. The quantitative estimate of drug-likeness (QED) is 0.918. The first-order valence-corrected chi connectivity index (χ1v) is 8.41. The second kappa shape index (κ2) is 6.37. The normalized spacial score (nSPS) is 24.1. The van der Waals surface area contributed by atoms with Gasteiger partial charge in [-0.15, -0.1) is 0 Å². The van der Waals surface area contributed by atoms with E-state index in [9.17, 15) is 0 Å². The van der Waals surface area contributed by atoms with E-state index in [0.29, 0.717) is 6.04 Å². The van der Waals surface area contributed by atoms with E-state index in [1.54, 1.807) is 0 Å². The molecule has 0 bridgehead atoms. The number of aryl methyl sites for hydroxylation is 1. The second-order valence-corrected chi connectivity index (χ2v) is 6.93. The summed E-state index contributed by atoms with van der Waals surface area (Å²) in [5, 5.41) is 3.60. The minimum Gasteiger partial charge on any atom is -0.367 e. The third kappa shape index (κ3) is 3.78. The molecule has 2 aliphatic rings. The van der Waals surface area contributed by atoms with Crippen LogP contribution < -0.4 is 10.2 Å². The Hall–Kier alpha value is -1.06. The van der Waals surface area contributed by atoms with Crippen LogP contribution >= 0.6 is 0 Å². The molecule has 1 aromatic carbocycles. The van der Waals surface area contributed by atoms with Gasteiger partial charge in [0.25, 0.3) is 0 Å². The Labute approximate surface area is 129 Å². The SMILES string of the molecule is Cc1cc(CNC2CC2)ccc1N1CCCN(C)CC1C. The van der Waals surface area contributed by atoms with Crippen molar-refractivity contribution in [3.63, 3.8) is 0 Å². The van der Waals surface area contributed by atoms with Gasteiger partial charge in [-0.2, -0.15) is 0 Å². The van der Waals surface area contributed by atoms with Crippen molar-refractivity contribution in [1.82, 2.24) is 10.2 Å². The Morgan fingerprint density at radius 1 is 1.24 bits per heavy atom. The van der Waals surface area contributed by atoms with Gasteiger partial charge in [0.15, 0.2) is 0 Å². The zero-order valence-electron chi connectivity index (χ0n) is 13.7. The van der Waals surface area contributed by atoms with Crippen LogP contribution in [0.1, 0.15) is 37.3 Å². The summed E-state index contributed by atoms with van der Waals surface area (Å²) in [7, 11) is 2.24. The zero-order chi connectivity index (χ0) is 14.8. The molecule has 21 heavy (non-hydrogen) atoms. The summed E-state index contributed by atoms with van der Waals surface area (Å²) in [6.45, 7) is 9.17. The molecule has 1 aromatic rings. The third-order valence-corrected chi connectivity index (χ3v) is 4.79. The molecule has 3 rings (SSSR count). The van der Waals surface area contributed by atoms with Crippen LogP contribution in [0.4, 0.5) is 5.69 Å². The molecular weight excluding hydrogens is 258 g/mol. The number of nitrogens with one attached hydrogen (secondary N) is 1. The van der Waals surface area contributed by atoms with Gasteiger partial charge < -0.3 is 15.1 Å². The topological polar surface area (TPSA) is 18.5 Å². The monoisotopic (exact) mass is 287 g/mol. The number of hydrogen-bond donors (Lipinski definition) is 1. The summed E-state index contributed by atoms with van der Waals surface area (Å²) >= 11 is 0. The molecule has 1 aliphatic heterocycles. The van der Waals surface area contributed by atoms with Crippen molar-refractivity contribution in [1.29, 1.82) is 0 Å². The average Bonchev–Trinajstić information content (AvgIpc) is 3.26. The molecule has 0 aromatic heterocycles. The molecule has 1 saturated carbocycles. The van der Waals surface area contributed by atoms with E-state index in [4.69, 9.17) is 0 Å². The molecule has 1 N–H and O–H groups in total. The highest BCUT2D eigenvalue weighted by molar-refractivity contribution is 5.55. The van der Waals surface area contributed by atoms with Crippen LogP contribution in [0.5, 0.6) is 0 Å². The van der Waals surface area contributed by atoms with E-state index in [-0.39, 0.29) is 0 Å². The van der Waals surface area contributed by atoms with Gasteiger partial charge in [-0.3, -0.25) is 0 Å². The Kier molecular flexibility index (Phi) is 4.51. The van der Waals surface area contributed by atoms with Gasteiger partial charge in [0.2, 0.25) is 0 Å². The van der Waals surface area contributed by atoms with Crippen LogP contribution in [-0.4, -0.2) is 43.7 Å². The largest absolute Gasteiger partial charge is 0.367 e. The van der Waals surface area contributed by atoms with Gasteiger partial charge in [0.1, 0.15) is 0 Å². The number of hydrogen-bond acceptors (Lipinski definition) is 3.